The molecule has 1 atom stereocenters. The summed E-state index contributed by atoms with van der Waals surface area (Å²) >= 11 is 1.58. The Kier molecular flexibility index (Phi) is 2.16. The number of thiazole rings is 1. The molecule has 0 amide bonds. The van der Waals surface area contributed by atoms with Crippen LogP contribution in [0.25, 0.3) is 0 Å². The maximum atomic E-state index is 8.69. The van der Waals surface area contributed by atoms with Crippen molar-refractivity contribution >= 4 is 11.3 Å². The summed E-state index contributed by atoms with van der Waals surface area (Å²) in [6.45, 7) is 0.476. The van der Waals surface area contributed by atoms with E-state index < -0.39 is 6.23 Å². The van der Waals surface area contributed by atoms with Crippen molar-refractivity contribution in [2.24, 2.45) is 5.73 Å². The van der Waals surface area contributed by atoms with Crippen LogP contribution in [0, 0.1) is 0 Å². The third-order valence-corrected chi connectivity index (χ3v) is 1.60. The Balaban J connectivity index is 2.48. The highest BCUT2D eigenvalue weighted by atomic mass is 32.1. The van der Waals surface area contributed by atoms with E-state index in [-0.39, 0.29) is 0 Å². The SMILES string of the molecule is NC(O)C[n+]1ccsc1. The number of hydrogen-bond donors (Lipinski definition) is 2. The number of nitrogens with two attached hydrogens (primary N) is 1. The van der Waals surface area contributed by atoms with Crippen LogP contribution in [-0.4, -0.2) is 11.3 Å². The van der Waals surface area contributed by atoms with Crippen LogP contribution in [0.4, 0.5) is 0 Å². The summed E-state index contributed by atoms with van der Waals surface area (Å²) < 4.78 is 1.84. The Labute approximate surface area is 57.4 Å². The molecule has 0 aromatic carbocycles. The van der Waals surface area contributed by atoms with E-state index >= 15 is 0 Å². The number of aliphatic hydroxyl groups excluding tert-OH is 1. The zero-order valence-corrected chi connectivity index (χ0v) is 5.71. The molecule has 4 heteroatoms. The Hall–Kier alpha value is -0.450. The van der Waals surface area contributed by atoms with Gasteiger partial charge in [0.2, 0.25) is 5.51 Å². The van der Waals surface area contributed by atoms with Gasteiger partial charge in [0, 0.05) is 0 Å². The first-order chi connectivity index (χ1) is 4.29. The Morgan fingerprint density at radius 2 is 2.56 bits per heavy atom. The van der Waals surface area contributed by atoms with E-state index in [1.54, 1.807) is 11.3 Å². The summed E-state index contributed by atoms with van der Waals surface area (Å²) in [4.78, 5) is 0. The van der Waals surface area contributed by atoms with Crippen LogP contribution in [0.3, 0.4) is 0 Å². The summed E-state index contributed by atoms with van der Waals surface area (Å²) in [5.74, 6) is 0. The van der Waals surface area contributed by atoms with Crippen molar-refractivity contribution in [3.05, 3.63) is 17.1 Å². The molecule has 0 saturated carbocycles. The maximum absolute atomic E-state index is 8.69. The van der Waals surface area contributed by atoms with Crippen molar-refractivity contribution in [1.29, 1.82) is 0 Å². The first-order valence-electron chi connectivity index (χ1n) is 2.64. The summed E-state index contributed by atoms with van der Waals surface area (Å²) in [6.07, 6.45) is 1.13. The van der Waals surface area contributed by atoms with E-state index in [0.29, 0.717) is 6.54 Å². The van der Waals surface area contributed by atoms with Gasteiger partial charge in [0.05, 0.1) is 5.38 Å². The van der Waals surface area contributed by atoms with Crippen molar-refractivity contribution in [3.63, 3.8) is 0 Å². The number of rotatable bonds is 2. The molecule has 1 unspecified atom stereocenters. The molecule has 0 radical (unpaired) electrons. The van der Waals surface area contributed by atoms with Crippen LogP contribution in [0.2, 0.25) is 0 Å². The van der Waals surface area contributed by atoms with Gasteiger partial charge in [-0.2, -0.15) is 4.57 Å². The van der Waals surface area contributed by atoms with Gasteiger partial charge in [-0.05, 0) is 0 Å². The first kappa shape index (κ1) is 6.67. The summed E-state index contributed by atoms with van der Waals surface area (Å²) in [5, 5.41) is 10.6. The number of aromatic nitrogens is 1. The molecular formula is C5H9N2OS+. The molecule has 3 N–H and O–H groups in total. The molecule has 0 bridgehead atoms. The van der Waals surface area contributed by atoms with Gasteiger partial charge in [0.25, 0.3) is 0 Å². The van der Waals surface area contributed by atoms with Crippen LogP contribution in [0.5, 0.6) is 0 Å². The number of aliphatic hydroxyl groups is 1. The minimum Gasteiger partial charge on any atom is -0.372 e. The van der Waals surface area contributed by atoms with E-state index in [9.17, 15) is 0 Å². The summed E-state index contributed by atoms with van der Waals surface area (Å²) in [5.41, 5.74) is 7.02. The Morgan fingerprint density at radius 1 is 1.78 bits per heavy atom. The van der Waals surface area contributed by atoms with Crippen molar-refractivity contribution < 1.29 is 9.67 Å². The molecule has 50 valence electrons. The lowest BCUT2D eigenvalue weighted by Crippen LogP contribution is -2.41. The van der Waals surface area contributed by atoms with Gasteiger partial charge in [-0.15, -0.1) is 0 Å². The molecule has 0 aliphatic heterocycles. The third-order valence-electron chi connectivity index (χ3n) is 0.925. The molecule has 0 aliphatic carbocycles. The van der Waals surface area contributed by atoms with E-state index in [2.05, 4.69) is 0 Å². The topological polar surface area (TPSA) is 50.1 Å². The van der Waals surface area contributed by atoms with Crippen LogP contribution < -0.4 is 10.3 Å². The van der Waals surface area contributed by atoms with Gasteiger partial charge < -0.3 is 10.8 Å². The molecule has 0 fully saturated rings. The highest BCUT2D eigenvalue weighted by Gasteiger charge is 2.03. The van der Waals surface area contributed by atoms with Gasteiger partial charge in [-0.3, -0.25) is 0 Å². The van der Waals surface area contributed by atoms with E-state index in [1.165, 1.54) is 0 Å². The quantitative estimate of drug-likeness (QED) is 0.427. The average molecular weight is 145 g/mol. The van der Waals surface area contributed by atoms with Gasteiger partial charge in [-0.1, -0.05) is 11.3 Å². The Morgan fingerprint density at radius 3 is 3.00 bits per heavy atom. The standard InChI is InChI=1S/C5H9N2OS/c6-5(8)3-7-1-2-9-4-7/h1-2,4-5,8H,3,6H2/q+1. The minimum absolute atomic E-state index is 0.476. The Bertz CT molecular complexity index is 161. The van der Waals surface area contributed by atoms with Crippen LogP contribution >= 0.6 is 11.3 Å². The number of nitrogens with zero attached hydrogens (tertiary/aromatic N) is 1. The average Bonchev–Trinajstić information content (AvgIpc) is 2.15. The minimum atomic E-state index is -0.746. The zero-order valence-electron chi connectivity index (χ0n) is 4.90. The van der Waals surface area contributed by atoms with Gasteiger partial charge in [-0.25, -0.2) is 0 Å². The fraction of sp³-hybridized carbons (Fsp3) is 0.400. The largest absolute Gasteiger partial charge is 0.372 e. The molecule has 1 heterocycles. The predicted molar refractivity (Wildman–Crippen MR) is 34.7 cm³/mol. The van der Waals surface area contributed by atoms with Crippen LogP contribution in [0.15, 0.2) is 17.1 Å². The highest BCUT2D eigenvalue weighted by Crippen LogP contribution is 1.87. The van der Waals surface area contributed by atoms with Crippen molar-refractivity contribution in [2.45, 2.75) is 12.8 Å². The monoisotopic (exact) mass is 145 g/mol. The second kappa shape index (κ2) is 2.91. The maximum Gasteiger partial charge on any atom is 0.224 e. The highest BCUT2D eigenvalue weighted by molar-refractivity contribution is 7.07. The van der Waals surface area contributed by atoms with E-state index in [0.717, 1.165) is 0 Å². The lowest BCUT2D eigenvalue weighted by Gasteiger charge is -1.94. The van der Waals surface area contributed by atoms with Gasteiger partial charge in [0.15, 0.2) is 19.0 Å². The third kappa shape index (κ3) is 2.09. The summed E-state index contributed by atoms with van der Waals surface area (Å²) in [7, 11) is 0. The molecule has 1 aromatic rings. The molecule has 0 aliphatic rings. The van der Waals surface area contributed by atoms with Gasteiger partial charge >= 0.3 is 0 Å². The molecule has 9 heavy (non-hydrogen) atoms. The second-order valence-electron chi connectivity index (χ2n) is 1.79. The zero-order chi connectivity index (χ0) is 6.69. The van der Waals surface area contributed by atoms with E-state index in [1.807, 2.05) is 21.7 Å². The normalized spacial score (nSPS) is 13.6. The number of hydrogen-bond acceptors (Lipinski definition) is 3. The predicted octanol–water partition coefficient (Wildman–Crippen LogP) is -0.687. The summed E-state index contributed by atoms with van der Waals surface area (Å²) in [6, 6.07) is 0. The second-order valence-corrected chi connectivity index (χ2v) is 2.55. The molecular weight excluding hydrogens is 136 g/mol. The molecule has 0 spiro atoms. The molecule has 0 saturated heterocycles. The van der Waals surface area contributed by atoms with Crippen molar-refractivity contribution in [1.82, 2.24) is 0 Å². The fourth-order valence-electron chi connectivity index (χ4n) is 0.582. The molecule has 1 aromatic heterocycles. The lowest BCUT2D eigenvalue weighted by molar-refractivity contribution is -0.698. The van der Waals surface area contributed by atoms with Crippen molar-refractivity contribution in [3.8, 4) is 0 Å². The smallest absolute Gasteiger partial charge is 0.224 e. The molecule has 1 rings (SSSR count). The van der Waals surface area contributed by atoms with E-state index in [4.69, 9.17) is 10.8 Å². The van der Waals surface area contributed by atoms with Crippen LogP contribution in [0.1, 0.15) is 0 Å². The molecule has 3 nitrogen and oxygen atoms in total. The van der Waals surface area contributed by atoms with Crippen molar-refractivity contribution in [2.75, 3.05) is 0 Å². The van der Waals surface area contributed by atoms with Crippen LogP contribution in [-0.2, 0) is 6.54 Å². The first-order valence-corrected chi connectivity index (χ1v) is 3.58. The van der Waals surface area contributed by atoms with Gasteiger partial charge in [0.1, 0.15) is 0 Å². The fourth-order valence-corrected chi connectivity index (χ4v) is 1.19. The lowest BCUT2D eigenvalue weighted by atomic mass is 10.6.